The minimum atomic E-state index is -4.72. The van der Waals surface area contributed by atoms with Gasteiger partial charge in [0, 0.05) is 19.9 Å². The molecular weight excluding hydrogens is 343 g/mol. The number of amides is 1. The summed E-state index contributed by atoms with van der Waals surface area (Å²) in [6, 6.07) is 5.14. The molecule has 1 fully saturated rings. The minimum absolute atomic E-state index is 0.0782. The van der Waals surface area contributed by atoms with Gasteiger partial charge in [0.2, 0.25) is 5.91 Å². The molecule has 2 rings (SSSR count). The summed E-state index contributed by atoms with van der Waals surface area (Å²) in [5, 5.41) is 2.69. The molecule has 0 aliphatic carbocycles. The van der Waals surface area contributed by atoms with Crippen LogP contribution in [-0.4, -0.2) is 44.4 Å². The Kier molecular flexibility index (Phi) is 6.89. The Morgan fingerprint density at radius 3 is 2.36 bits per heavy atom. The maximum Gasteiger partial charge on any atom is 0.573 e. The van der Waals surface area contributed by atoms with Crippen molar-refractivity contribution in [1.29, 1.82) is 0 Å². The highest BCUT2D eigenvalue weighted by Crippen LogP contribution is 2.25. The number of ether oxygens (including phenoxy) is 4. The first-order valence-electron chi connectivity index (χ1n) is 7.82. The molecule has 0 spiro atoms. The third-order valence-electron chi connectivity index (χ3n) is 3.29. The molecule has 1 amide bonds. The van der Waals surface area contributed by atoms with Crippen LogP contribution in [-0.2, 0) is 14.3 Å². The number of benzene rings is 1. The summed E-state index contributed by atoms with van der Waals surface area (Å²) >= 11 is 0. The molecule has 0 bridgehead atoms. The van der Waals surface area contributed by atoms with E-state index < -0.39 is 6.36 Å². The van der Waals surface area contributed by atoms with Crippen molar-refractivity contribution in [1.82, 2.24) is 5.32 Å². The van der Waals surface area contributed by atoms with Crippen LogP contribution in [0.1, 0.15) is 19.8 Å². The monoisotopic (exact) mass is 363 g/mol. The number of carbonyl (C=O) groups excluding carboxylic acids is 1. The second kappa shape index (κ2) is 8.91. The van der Waals surface area contributed by atoms with Gasteiger partial charge in [0.25, 0.3) is 0 Å². The van der Waals surface area contributed by atoms with E-state index in [0.29, 0.717) is 31.9 Å². The predicted molar refractivity (Wildman–Crippen MR) is 81.2 cm³/mol. The molecule has 1 aromatic carbocycles. The summed E-state index contributed by atoms with van der Waals surface area (Å²) in [6.45, 7) is 2.64. The fourth-order valence-electron chi connectivity index (χ4n) is 2.21. The summed E-state index contributed by atoms with van der Waals surface area (Å²) in [7, 11) is 0. The zero-order valence-electron chi connectivity index (χ0n) is 13.7. The Labute approximate surface area is 143 Å². The van der Waals surface area contributed by atoms with E-state index in [1.807, 2.05) is 0 Å². The van der Waals surface area contributed by atoms with Crippen LogP contribution in [0.3, 0.4) is 0 Å². The van der Waals surface area contributed by atoms with Crippen molar-refractivity contribution in [2.24, 2.45) is 0 Å². The second-order valence-electron chi connectivity index (χ2n) is 5.48. The third kappa shape index (κ3) is 7.61. The first kappa shape index (κ1) is 19.3. The van der Waals surface area contributed by atoms with Crippen LogP contribution in [0.4, 0.5) is 13.2 Å². The second-order valence-corrected chi connectivity index (χ2v) is 5.48. The van der Waals surface area contributed by atoms with E-state index >= 15 is 0 Å². The normalized spacial score (nSPS) is 20.8. The molecule has 140 valence electrons. The fourth-order valence-corrected chi connectivity index (χ4v) is 2.21. The molecule has 1 aliphatic rings. The molecule has 0 atom stereocenters. The van der Waals surface area contributed by atoms with Crippen LogP contribution in [0.2, 0.25) is 0 Å². The van der Waals surface area contributed by atoms with E-state index in [1.54, 1.807) is 0 Å². The highest BCUT2D eigenvalue weighted by Gasteiger charge is 2.31. The summed E-state index contributed by atoms with van der Waals surface area (Å²) in [5.41, 5.74) is 0. The van der Waals surface area contributed by atoms with Gasteiger partial charge in [-0.3, -0.25) is 4.79 Å². The number of alkyl halides is 3. The number of rotatable bonds is 7. The first-order chi connectivity index (χ1) is 11.8. The van der Waals surface area contributed by atoms with Crippen molar-refractivity contribution in [2.75, 3.05) is 19.8 Å². The summed E-state index contributed by atoms with van der Waals surface area (Å²) in [4.78, 5) is 10.7. The van der Waals surface area contributed by atoms with Gasteiger partial charge in [0.15, 0.2) is 6.29 Å². The number of nitrogens with one attached hydrogen (secondary N) is 1. The number of carbonyl (C=O) groups is 1. The highest BCUT2D eigenvalue weighted by molar-refractivity contribution is 5.72. The molecule has 1 N–H and O–H groups in total. The average Bonchev–Trinajstić information content (AvgIpc) is 2.53. The van der Waals surface area contributed by atoms with Crippen LogP contribution in [0.25, 0.3) is 0 Å². The SMILES string of the molecule is CC(=O)NCCC[C@H]1OC[C@H](Oc2ccc(OC(F)(F)F)cc2)CO1. The molecule has 0 saturated carbocycles. The molecule has 1 aliphatic heterocycles. The van der Waals surface area contributed by atoms with Gasteiger partial charge in [-0.1, -0.05) is 0 Å². The Morgan fingerprint density at radius 1 is 1.20 bits per heavy atom. The van der Waals surface area contributed by atoms with Gasteiger partial charge >= 0.3 is 6.36 Å². The van der Waals surface area contributed by atoms with Crippen LogP contribution < -0.4 is 14.8 Å². The lowest BCUT2D eigenvalue weighted by atomic mass is 10.2. The van der Waals surface area contributed by atoms with E-state index in [9.17, 15) is 18.0 Å². The van der Waals surface area contributed by atoms with Crippen molar-refractivity contribution in [2.45, 2.75) is 38.5 Å². The van der Waals surface area contributed by atoms with Gasteiger partial charge in [0.1, 0.15) is 17.6 Å². The maximum absolute atomic E-state index is 12.1. The van der Waals surface area contributed by atoms with Crippen molar-refractivity contribution in [3.8, 4) is 11.5 Å². The van der Waals surface area contributed by atoms with Gasteiger partial charge in [-0.15, -0.1) is 13.2 Å². The lowest BCUT2D eigenvalue weighted by Gasteiger charge is -2.29. The topological polar surface area (TPSA) is 66.0 Å². The minimum Gasteiger partial charge on any atom is -0.486 e. The lowest BCUT2D eigenvalue weighted by Crippen LogP contribution is -2.39. The average molecular weight is 363 g/mol. The number of hydrogen-bond donors (Lipinski definition) is 1. The quantitative estimate of drug-likeness (QED) is 0.755. The Bertz CT molecular complexity index is 542. The maximum atomic E-state index is 12.1. The molecule has 0 aromatic heterocycles. The van der Waals surface area contributed by atoms with Gasteiger partial charge < -0.3 is 24.3 Å². The number of halogens is 3. The molecule has 9 heteroatoms. The Hall–Kier alpha value is -2.00. The van der Waals surface area contributed by atoms with Crippen molar-refractivity contribution < 1.29 is 36.9 Å². The molecular formula is C16H20F3NO5. The standard InChI is InChI=1S/C16H20F3NO5/c1-11(21)20-8-2-3-15-22-9-14(10-23-15)24-12-4-6-13(7-5-12)25-16(17,18)19/h4-7,14-15H,2-3,8-10H2,1H3,(H,20,21)/t14-,15-. The first-order valence-corrected chi connectivity index (χ1v) is 7.82. The molecule has 6 nitrogen and oxygen atoms in total. The van der Waals surface area contributed by atoms with Crippen molar-refractivity contribution in [3.63, 3.8) is 0 Å². The molecule has 1 saturated heterocycles. The summed E-state index contributed by atoms with van der Waals surface area (Å²) < 4.78 is 56.7. The molecule has 1 heterocycles. The van der Waals surface area contributed by atoms with E-state index in [1.165, 1.54) is 31.2 Å². The van der Waals surface area contributed by atoms with Gasteiger partial charge in [0.05, 0.1) is 13.2 Å². The smallest absolute Gasteiger partial charge is 0.486 e. The molecule has 25 heavy (non-hydrogen) atoms. The molecule has 0 unspecified atom stereocenters. The summed E-state index contributed by atoms with van der Waals surface area (Å²) in [5.74, 6) is 0.0108. The zero-order valence-corrected chi connectivity index (χ0v) is 13.7. The lowest BCUT2D eigenvalue weighted by molar-refractivity contribution is -0.274. The Morgan fingerprint density at radius 2 is 1.80 bits per heavy atom. The van der Waals surface area contributed by atoms with Crippen molar-refractivity contribution in [3.05, 3.63) is 24.3 Å². The van der Waals surface area contributed by atoms with E-state index in [0.717, 1.165) is 6.42 Å². The van der Waals surface area contributed by atoms with E-state index in [2.05, 4.69) is 10.1 Å². The van der Waals surface area contributed by atoms with E-state index in [-0.39, 0.29) is 24.1 Å². The largest absolute Gasteiger partial charge is 0.573 e. The zero-order chi connectivity index (χ0) is 18.3. The fraction of sp³-hybridized carbons (Fsp3) is 0.562. The Balaban J connectivity index is 1.68. The molecule has 1 aromatic rings. The van der Waals surface area contributed by atoms with Crippen LogP contribution in [0.5, 0.6) is 11.5 Å². The van der Waals surface area contributed by atoms with Crippen LogP contribution in [0.15, 0.2) is 24.3 Å². The van der Waals surface area contributed by atoms with Gasteiger partial charge in [-0.25, -0.2) is 0 Å². The van der Waals surface area contributed by atoms with E-state index in [4.69, 9.17) is 14.2 Å². The third-order valence-corrected chi connectivity index (χ3v) is 3.29. The number of hydrogen-bond acceptors (Lipinski definition) is 5. The summed E-state index contributed by atoms with van der Waals surface area (Å²) in [6.07, 6.45) is -4.04. The predicted octanol–water partition coefficient (Wildman–Crippen LogP) is 2.62. The van der Waals surface area contributed by atoms with Crippen LogP contribution in [0, 0.1) is 0 Å². The van der Waals surface area contributed by atoms with Crippen LogP contribution >= 0.6 is 0 Å². The highest BCUT2D eigenvalue weighted by atomic mass is 19.4. The van der Waals surface area contributed by atoms with Gasteiger partial charge in [-0.2, -0.15) is 0 Å². The van der Waals surface area contributed by atoms with Gasteiger partial charge in [-0.05, 0) is 30.7 Å². The molecule has 0 radical (unpaired) electrons. The van der Waals surface area contributed by atoms with Crippen molar-refractivity contribution >= 4 is 5.91 Å².